The summed E-state index contributed by atoms with van der Waals surface area (Å²) in [5.74, 6) is 0. The van der Waals surface area contributed by atoms with Crippen molar-refractivity contribution in [3.63, 3.8) is 0 Å². The third kappa shape index (κ3) is 6.37. The molecule has 10 aromatic rings. The highest BCUT2D eigenvalue weighted by Crippen LogP contribution is 2.59. The molecule has 5 nitrogen and oxygen atoms in total. The molecule has 1 radical (unpaired) electrons. The topological polar surface area (TPSA) is 33.8 Å². The number of hydrogen-bond donors (Lipinski definition) is 2. The molecule has 329 valence electrons. The molecule has 4 aliphatic heterocycles. The van der Waals surface area contributed by atoms with Crippen LogP contribution in [0.1, 0.15) is 11.1 Å². The minimum atomic E-state index is 0.00915. The first kappa shape index (κ1) is 40.7. The van der Waals surface area contributed by atoms with Crippen molar-refractivity contribution in [2.24, 2.45) is 0 Å². The zero-order chi connectivity index (χ0) is 46.5. The first-order valence-corrected chi connectivity index (χ1v) is 24.9. The van der Waals surface area contributed by atoms with Gasteiger partial charge in [0, 0.05) is 60.9 Å². The van der Waals surface area contributed by atoms with Gasteiger partial charge in [0.15, 0.2) is 7.28 Å². The highest BCUT2D eigenvalue weighted by molar-refractivity contribution is 8.00. The molecule has 0 atom stereocenters. The molecule has 70 heavy (non-hydrogen) atoms. The second-order valence-corrected chi connectivity index (χ2v) is 19.7. The van der Waals surface area contributed by atoms with Crippen molar-refractivity contribution >= 4 is 127 Å². The molecule has 0 saturated carbocycles. The number of anilines is 13. The van der Waals surface area contributed by atoms with E-state index in [0.717, 1.165) is 45.4 Å². The third-order valence-corrected chi connectivity index (χ3v) is 15.4. The van der Waals surface area contributed by atoms with Gasteiger partial charge < -0.3 is 25.3 Å². The van der Waals surface area contributed by atoms with Gasteiger partial charge >= 0.3 is 0 Å². The van der Waals surface area contributed by atoms with Gasteiger partial charge in [-0.2, -0.15) is 0 Å². The molecule has 4 aliphatic rings. The van der Waals surface area contributed by atoms with Crippen LogP contribution in [0.5, 0.6) is 0 Å². The maximum atomic E-state index is 4.06. The lowest BCUT2D eigenvalue weighted by atomic mass is 9.32. The van der Waals surface area contributed by atoms with Crippen LogP contribution >= 0.6 is 11.8 Å². The summed E-state index contributed by atoms with van der Waals surface area (Å²) < 4.78 is 0. The van der Waals surface area contributed by atoms with E-state index in [1.54, 1.807) is 0 Å². The second-order valence-electron chi connectivity index (χ2n) is 18.6. The summed E-state index contributed by atoms with van der Waals surface area (Å²) >= 11 is 1.90. The predicted octanol–water partition coefficient (Wildman–Crippen LogP) is 13.4. The number of aryl methyl sites for hydroxylation is 2. The summed E-state index contributed by atoms with van der Waals surface area (Å²) in [5.41, 5.74) is 25.7. The first-order valence-electron chi connectivity index (χ1n) is 24.0. The fourth-order valence-electron chi connectivity index (χ4n) is 11.4. The molecule has 0 bridgehead atoms. The summed E-state index contributed by atoms with van der Waals surface area (Å²) in [6.07, 6.45) is 0. The van der Waals surface area contributed by atoms with Crippen LogP contribution in [0.2, 0.25) is 0 Å². The van der Waals surface area contributed by atoms with Crippen molar-refractivity contribution in [1.82, 2.24) is 0 Å². The van der Waals surface area contributed by atoms with Crippen LogP contribution in [0.25, 0.3) is 11.1 Å². The van der Waals surface area contributed by atoms with E-state index >= 15 is 0 Å². The predicted molar refractivity (Wildman–Crippen MR) is 299 cm³/mol. The molecule has 4 heterocycles. The Kier molecular flexibility index (Phi) is 9.40. The maximum Gasteiger partial charge on any atom is 0.252 e. The monoisotopic (exact) mass is 912 g/mol. The molecule has 0 fully saturated rings. The lowest BCUT2D eigenvalue weighted by Gasteiger charge is -2.50. The molecule has 0 saturated heterocycles. The molecule has 0 spiro atoms. The molecule has 0 aliphatic carbocycles. The number of fused-ring (bicyclic) bond motifs is 10. The summed E-state index contributed by atoms with van der Waals surface area (Å²) in [5, 5.41) is 8.12. The Hall–Kier alpha value is -8.32. The van der Waals surface area contributed by atoms with E-state index in [4.69, 9.17) is 0 Å². The molecule has 0 amide bonds. The fourth-order valence-corrected chi connectivity index (χ4v) is 12.6. The number of nitrogens with one attached hydrogen (secondary N) is 2. The van der Waals surface area contributed by atoms with Crippen molar-refractivity contribution in [2.45, 2.75) is 23.6 Å². The Balaban J connectivity index is 1.15. The van der Waals surface area contributed by atoms with Gasteiger partial charge in [-0.15, -0.1) is 0 Å². The molecule has 2 N–H and O–H groups in total. The van der Waals surface area contributed by atoms with Gasteiger partial charge in [-0.3, -0.25) is 0 Å². The van der Waals surface area contributed by atoms with Crippen molar-refractivity contribution in [1.29, 1.82) is 0 Å². The zero-order valence-electron chi connectivity index (χ0n) is 38.7. The smallest absolute Gasteiger partial charge is 0.252 e. The molecule has 10 aromatic carbocycles. The number of para-hydroxylation sites is 6. The lowest BCUT2D eigenvalue weighted by molar-refractivity contribution is 1.16. The van der Waals surface area contributed by atoms with Crippen molar-refractivity contribution in [3.8, 4) is 11.1 Å². The highest BCUT2D eigenvalue weighted by atomic mass is 32.2. The average molecular weight is 913 g/mol. The van der Waals surface area contributed by atoms with Crippen LogP contribution < -0.4 is 52.6 Å². The van der Waals surface area contributed by atoms with Gasteiger partial charge in [-0.1, -0.05) is 156 Å². The Labute approximate surface area is 414 Å². The Bertz CT molecular complexity index is 3480. The van der Waals surface area contributed by atoms with Crippen LogP contribution in [0.3, 0.4) is 0 Å². The minimum Gasteiger partial charge on any atom is -0.355 e. The van der Waals surface area contributed by atoms with E-state index in [-0.39, 0.29) is 6.71 Å². The van der Waals surface area contributed by atoms with Gasteiger partial charge in [-0.25, -0.2) is 0 Å². The van der Waals surface area contributed by atoms with Crippen molar-refractivity contribution in [3.05, 3.63) is 230 Å². The van der Waals surface area contributed by atoms with Gasteiger partial charge in [0.25, 0.3) is 6.71 Å². The van der Waals surface area contributed by atoms with E-state index in [2.05, 4.69) is 265 Å². The van der Waals surface area contributed by atoms with Gasteiger partial charge in [0.05, 0.1) is 28.4 Å². The van der Waals surface area contributed by atoms with E-state index in [9.17, 15) is 0 Å². The van der Waals surface area contributed by atoms with Crippen LogP contribution in [-0.4, -0.2) is 14.0 Å². The van der Waals surface area contributed by atoms with E-state index < -0.39 is 0 Å². The number of hydrogen-bond acceptors (Lipinski definition) is 6. The highest BCUT2D eigenvalue weighted by Gasteiger charge is 2.49. The molecule has 0 aromatic heterocycles. The van der Waals surface area contributed by atoms with Crippen LogP contribution in [0, 0.1) is 13.8 Å². The van der Waals surface area contributed by atoms with Gasteiger partial charge in [-0.05, 0) is 132 Å². The molecular weight excluding hydrogens is 868 g/mol. The Morgan fingerprint density at radius 3 is 1.54 bits per heavy atom. The normalized spacial score (nSPS) is 13.0. The molecular formula is C62H44B2N5S. The third-order valence-electron chi connectivity index (χ3n) is 14.2. The average Bonchev–Trinajstić information content (AvgIpc) is 3.40. The number of nitrogens with zero attached hydrogens (tertiary/aromatic N) is 3. The second kappa shape index (κ2) is 16.2. The summed E-state index contributed by atoms with van der Waals surface area (Å²) in [7, 11) is 2.48. The number of benzene rings is 10. The Morgan fingerprint density at radius 1 is 0.457 bits per heavy atom. The van der Waals surface area contributed by atoms with E-state index in [1.165, 1.54) is 87.9 Å². The minimum absolute atomic E-state index is 0.00915. The van der Waals surface area contributed by atoms with Crippen LogP contribution in [0.4, 0.5) is 73.9 Å². The largest absolute Gasteiger partial charge is 0.355 e. The summed E-state index contributed by atoms with van der Waals surface area (Å²) in [6.45, 7) is 4.48. The van der Waals surface area contributed by atoms with E-state index in [0.29, 0.717) is 0 Å². The first-order chi connectivity index (χ1) is 34.6. The maximum absolute atomic E-state index is 4.06. The van der Waals surface area contributed by atoms with Crippen molar-refractivity contribution in [2.75, 3.05) is 25.3 Å². The standard InChI is InChI=1S/C62H44B2N5S/c1-39-31-33-52-47(35-39)64-48-36-40(2)32-34-53(48)69-54-29-17-18-30-55(54)70-62-57(58-60(59(64)61(62)69)68(52)51-28-16-15-27-46(51)63-58)56-49(65-41-19-7-3-8-20-41)37-45(38-50(56)66-42-21-9-4-10-22-42)67(43-23-11-5-12-24-43)44-25-13-6-14-26-44/h3-38,65-66H,1-2H3. The van der Waals surface area contributed by atoms with Crippen LogP contribution in [0.15, 0.2) is 228 Å². The molecule has 8 heteroatoms. The SMILES string of the molecule is Cc1ccc2c(c1)B1c3cc(C)ccc3N3c4ccccc4Sc4c(-c5c(Nc6ccccc6)cc(N(c6ccccc6)c6ccccc6)cc5Nc5ccccc5)c5c(c1c43)N2c1ccccc1[B]5. The Morgan fingerprint density at radius 2 is 0.957 bits per heavy atom. The number of rotatable bonds is 8. The zero-order valence-corrected chi connectivity index (χ0v) is 39.5. The quantitative estimate of drug-likeness (QED) is 0.148. The summed E-state index contributed by atoms with van der Waals surface area (Å²) in [6, 6.07) is 79.5. The van der Waals surface area contributed by atoms with Crippen LogP contribution in [-0.2, 0) is 0 Å². The van der Waals surface area contributed by atoms with E-state index in [1.807, 2.05) is 11.8 Å². The fraction of sp³-hybridized carbons (Fsp3) is 0.0323. The summed E-state index contributed by atoms with van der Waals surface area (Å²) in [4.78, 5) is 10.0. The molecule has 0 unspecified atom stereocenters. The van der Waals surface area contributed by atoms with Gasteiger partial charge in [0.2, 0.25) is 0 Å². The molecule has 14 rings (SSSR count). The van der Waals surface area contributed by atoms with Gasteiger partial charge in [0.1, 0.15) is 0 Å². The lowest BCUT2D eigenvalue weighted by Crippen LogP contribution is -2.64. The van der Waals surface area contributed by atoms with Crippen molar-refractivity contribution < 1.29 is 0 Å².